The highest BCUT2D eigenvalue weighted by Crippen LogP contribution is 2.34. The summed E-state index contributed by atoms with van der Waals surface area (Å²) in [5.74, 6) is 0.634. The molecular weight excluding hydrogens is 657 g/mol. The number of rotatable bonds is 11. The third kappa shape index (κ3) is 8.33. The number of ether oxygens (including phenoxy) is 2. The number of nitrogens with zero attached hydrogens (tertiary/aromatic N) is 1. The third-order valence-electron chi connectivity index (χ3n) is 8.79. The molecule has 2 unspecified atom stereocenters. The molecule has 4 aromatic carbocycles. The van der Waals surface area contributed by atoms with Gasteiger partial charge in [-0.1, -0.05) is 65.7 Å². The predicted molar refractivity (Wildman–Crippen MR) is 190 cm³/mol. The Hall–Kier alpha value is -3.49. The molecule has 2 fully saturated rings. The van der Waals surface area contributed by atoms with Crippen LogP contribution in [-0.4, -0.2) is 55.1 Å². The number of carbonyl (C=O) groups is 2. The molecule has 0 bridgehead atoms. The molecule has 2 amide bonds. The van der Waals surface area contributed by atoms with Crippen molar-refractivity contribution in [2.45, 2.75) is 51.7 Å². The van der Waals surface area contributed by atoms with E-state index in [1.54, 1.807) is 24.3 Å². The molecule has 4 aromatic rings. The fourth-order valence-corrected chi connectivity index (χ4v) is 6.95. The molecule has 47 heavy (non-hydrogen) atoms. The number of piperidine rings is 1. The molecule has 0 spiro atoms. The smallest absolute Gasteiger partial charge is 0.251 e. The number of amides is 2. The Bertz CT molecular complexity index is 1720. The van der Waals surface area contributed by atoms with Crippen molar-refractivity contribution >= 4 is 58.2 Å². The minimum Gasteiger partial charge on any atom is -0.490 e. The van der Waals surface area contributed by atoms with Crippen LogP contribution in [-0.2, 0) is 11.3 Å². The molecule has 2 aliphatic rings. The van der Waals surface area contributed by atoms with Crippen molar-refractivity contribution in [3.05, 3.63) is 105 Å². The van der Waals surface area contributed by atoms with Gasteiger partial charge in [0.05, 0.1) is 16.0 Å². The van der Waals surface area contributed by atoms with Crippen molar-refractivity contribution in [1.82, 2.24) is 15.5 Å². The topological polar surface area (TPSA) is 79.9 Å². The first-order valence-electron chi connectivity index (χ1n) is 15.9. The maximum atomic E-state index is 14.1. The number of carbonyl (C=O) groups excluding carboxylic acids is 2. The molecule has 0 radical (unpaired) electrons. The summed E-state index contributed by atoms with van der Waals surface area (Å²) in [5, 5.41) is 9.85. The van der Waals surface area contributed by atoms with Crippen LogP contribution in [0.3, 0.4) is 0 Å². The lowest BCUT2D eigenvalue weighted by molar-refractivity contribution is -0.138. The second kappa shape index (κ2) is 15.6. The van der Waals surface area contributed by atoms with E-state index in [2.05, 4.69) is 41.0 Å². The maximum Gasteiger partial charge on any atom is 0.251 e. The van der Waals surface area contributed by atoms with Gasteiger partial charge in [0.25, 0.3) is 5.91 Å². The quantitative estimate of drug-likeness (QED) is 0.159. The molecule has 1 saturated carbocycles. The van der Waals surface area contributed by atoms with Gasteiger partial charge in [-0.25, -0.2) is 0 Å². The average molecular weight is 697 g/mol. The first-order chi connectivity index (χ1) is 22.3. The van der Waals surface area contributed by atoms with Crippen LogP contribution in [0, 0.1) is 19.8 Å². The molecule has 2 atom stereocenters. The monoisotopic (exact) mass is 695 g/mol. The Kier molecular flexibility index (Phi) is 11.6. The van der Waals surface area contributed by atoms with Gasteiger partial charge in [-0.2, -0.15) is 0 Å². The van der Waals surface area contributed by atoms with Crippen molar-refractivity contribution in [3.8, 4) is 11.5 Å². The maximum absolute atomic E-state index is 14.1. The zero-order valence-corrected chi connectivity index (χ0v) is 28.9. The first-order valence-corrected chi connectivity index (χ1v) is 16.6. The van der Waals surface area contributed by atoms with Crippen LogP contribution in [0.4, 0.5) is 0 Å². The first kappa shape index (κ1) is 34.8. The van der Waals surface area contributed by atoms with Crippen LogP contribution in [0.25, 0.3) is 10.8 Å². The largest absolute Gasteiger partial charge is 0.490 e. The minimum absolute atomic E-state index is 0. The van der Waals surface area contributed by atoms with Gasteiger partial charge in [0.15, 0.2) is 5.75 Å². The number of aryl methyl sites for hydroxylation is 2. The van der Waals surface area contributed by atoms with Crippen LogP contribution < -0.4 is 20.1 Å². The normalized spacial score (nSPS) is 17.4. The predicted octanol–water partition coefficient (Wildman–Crippen LogP) is 7.54. The van der Waals surface area contributed by atoms with E-state index in [1.165, 1.54) is 10.8 Å². The van der Waals surface area contributed by atoms with Crippen LogP contribution in [0.5, 0.6) is 11.5 Å². The average Bonchev–Trinajstić information content (AvgIpc) is 3.88. The lowest BCUT2D eigenvalue weighted by atomic mass is 9.91. The summed E-state index contributed by atoms with van der Waals surface area (Å²) in [6, 6.07) is 23.5. The summed E-state index contributed by atoms with van der Waals surface area (Å²) in [5.41, 5.74) is 3.45. The molecule has 248 valence electrons. The third-order valence-corrected chi connectivity index (χ3v) is 9.35. The number of halogens is 3. The van der Waals surface area contributed by atoms with Gasteiger partial charge in [0.2, 0.25) is 5.91 Å². The summed E-state index contributed by atoms with van der Waals surface area (Å²) in [7, 11) is 0. The highest BCUT2D eigenvalue weighted by Gasteiger charge is 2.40. The molecule has 1 aliphatic heterocycles. The highest BCUT2D eigenvalue weighted by molar-refractivity contribution is 6.37. The lowest BCUT2D eigenvalue weighted by Crippen LogP contribution is -2.55. The summed E-state index contributed by atoms with van der Waals surface area (Å²) in [4.78, 5) is 29.7. The van der Waals surface area contributed by atoms with Crippen molar-refractivity contribution < 1.29 is 19.1 Å². The molecule has 2 N–H and O–H groups in total. The Morgan fingerprint density at radius 2 is 1.64 bits per heavy atom. The van der Waals surface area contributed by atoms with E-state index in [-0.39, 0.29) is 55.4 Å². The van der Waals surface area contributed by atoms with Crippen LogP contribution in [0.1, 0.15) is 46.3 Å². The van der Waals surface area contributed by atoms with E-state index < -0.39 is 0 Å². The number of nitrogens with one attached hydrogen (secondary N) is 2. The molecule has 1 aliphatic carbocycles. The fraction of sp³-hybridized carbons (Fsp3) is 0.351. The molecule has 0 aromatic heterocycles. The number of hydrogen-bond donors (Lipinski definition) is 2. The van der Waals surface area contributed by atoms with Gasteiger partial charge in [-0.15, -0.1) is 12.4 Å². The molecule has 1 saturated heterocycles. The molecule has 6 rings (SSSR count). The summed E-state index contributed by atoms with van der Waals surface area (Å²) in [6.07, 6.45) is 2.71. The fourth-order valence-electron chi connectivity index (χ4n) is 6.25. The van der Waals surface area contributed by atoms with E-state index in [0.717, 1.165) is 36.1 Å². The van der Waals surface area contributed by atoms with E-state index in [0.29, 0.717) is 46.6 Å². The van der Waals surface area contributed by atoms with E-state index in [9.17, 15) is 9.59 Å². The SMILES string of the molecule is Cc1cc(Cl)c(OCCOc2ccc(C(=O)NC3CCNCC3C(=O)N(Cc3cccc4ccccc34)C3CC3)c(C)c2)c(Cl)c1.Cl. The zero-order chi connectivity index (χ0) is 32.2. The van der Waals surface area contributed by atoms with Crippen molar-refractivity contribution in [2.24, 2.45) is 5.92 Å². The van der Waals surface area contributed by atoms with Crippen molar-refractivity contribution in [3.63, 3.8) is 0 Å². The number of hydrogen-bond acceptors (Lipinski definition) is 5. The Balaban J connectivity index is 0.00000433. The van der Waals surface area contributed by atoms with Crippen LogP contribution in [0.2, 0.25) is 10.0 Å². The van der Waals surface area contributed by atoms with E-state index >= 15 is 0 Å². The molecule has 10 heteroatoms. The van der Waals surface area contributed by atoms with Gasteiger partial charge in [-0.05, 0) is 97.4 Å². The number of benzene rings is 4. The standard InChI is InChI=1S/C37H39Cl2N3O4.ClH/c1-23-18-32(38)35(33(39)19-23)46-17-16-45-28-12-13-29(24(2)20-28)36(43)41-34-14-15-40-21-31(34)37(44)42(27-10-11-27)22-26-8-5-7-25-6-3-4-9-30(25)26;/h3-9,12-13,18-20,27,31,34,40H,10-11,14-17,21-22H2,1-2H3,(H,41,43);1H. The Morgan fingerprint density at radius 1 is 0.915 bits per heavy atom. The summed E-state index contributed by atoms with van der Waals surface area (Å²) >= 11 is 12.5. The van der Waals surface area contributed by atoms with Gasteiger partial charge in [0, 0.05) is 30.7 Å². The van der Waals surface area contributed by atoms with Crippen molar-refractivity contribution in [1.29, 1.82) is 0 Å². The van der Waals surface area contributed by atoms with Gasteiger partial charge in [-0.3, -0.25) is 9.59 Å². The number of fused-ring (bicyclic) bond motifs is 1. The van der Waals surface area contributed by atoms with E-state index in [4.69, 9.17) is 32.7 Å². The zero-order valence-electron chi connectivity index (χ0n) is 26.6. The van der Waals surface area contributed by atoms with Gasteiger partial charge < -0.3 is 25.0 Å². The molecule has 1 heterocycles. The van der Waals surface area contributed by atoms with Crippen molar-refractivity contribution in [2.75, 3.05) is 26.3 Å². The van der Waals surface area contributed by atoms with Crippen LogP contribution in [0.15, 0.2) is 72.8 Å². The summed E-state index contributed by atoms with van der Waals surface area (Å²) in [6.45, 7) is 6.18. The molecule has 7 nitrogen and oxygen atoms in total. The van der Waals surface area contributed by atoms with E-state index in [1.807, 2.05) is 36.9 Å². The Morgan fingerprint density at radius 3 is 2.38 bits per heavy atom. The van der Waals surface area contributed by atoms with Gasteiger partial charge in [0.1, 0.15) is 19.0 Å². The van der Waals surface area contributed by atoms with Crippen LogP contribution >= 0.6 is 35.6 Å². The summed E-state index contributed by atoms with van der Waals surface area (Å²) < 4.78 is 11.6. The molecular formula is C37H40Cl3N3O4. The second-order valence-electron chi connectivity index (χ2n) is 12.2. The Labute approximate surface area is 292 Å². The minimum atomic E-state index is -0.341. The lowest BCUT2D eigenvalue weighted by Gasteiger charge is -2.36. The second-order valence-corrected chi connectivity index (χ2v) is 13.1. The highest BCUT2D eigenvalue weighted by atomic mass is 35.5. The van der Waals surface area contributed by atoms with Gasteiger partial charge >= 0.3 is 0 Å².